The number of carbonyl (C=O) groups excluding carboxylic acids is 1. The minimum absolute atomic E-state index is 0.0571. The largest absolute Gasteiger partial charge is 0.484 e. The van der Waals surface area contributed by atoms with Crippen molar-refractivity contribution in [3.8, 4) is 17.1 Å². The maximum atomic E-state index is 12.3. The van der Waals surface area contributed by atoms with E-state index in [9.17, 15) is 4.79 Å². The number of hydrogen-bond acceptors (Lipinski definition) is 3. The fourth-order valence-corrected chi connectivity index (χ4v) is 2.73. The molecule has 0 spiro atoms. The molecule has 3 aromatic carbocycles. The molecule has 0 aliphatic rings. The standard InChI is InChI=1S/C21H17N3O2/c25-20(14-26-15-8-2-1-3-9-15)22-17-11-5-4-10-16(17)21-23-18-12-6-7-13-19(18)24-21/h1-13H,14H2,(H,22,25)(H,23,24). The van der Waals surface area contributed by atoms with Gasteiger partial charge in [0.05, 0.1) is 16.7 Å². The van der Waals surface area contributed by atoms with Crippen LogP contribution < -0.4 is 10.1 Å². The molecule has 0 fully saturated rings. The van der Waals surface area contributed by atoms with Crippen molar-refractivity contribution in [1.29, 1.82) is 0 Å². The first-order valence-electron chi connectivity index (χ1n) is 8.31. The van der Waals surface area contributed by atoms with Gasteiger partial charge in [-0.2, -0.15) is 0 Å². The van der Waals surface area contributed by atoms with Gasteiger partial charge in [-0.3, -0.25) is 4.79 Å². The van der Waals surface area contributed by atoms with Gasteiger partial charge in [-0.1, -0.05) is 42.5 Å². The number of fused-ring (bicyclic) bond motifs is 1. The minimum atomic E-state index is -0.225. The van der Waals surface area contributed by atoms with Crippen LogP contribution in [0.3, 0.4) is 0 Å². The Hall–Kier alpha value is -3.60. The van der Waals surface area contributed by atoms with E-state index >= 15 is 0 Å². The number of H-pyrrole nitrogens is 1. The van der Waals surface area contributed by atoms with Gasteiger partial charge in [0.25, 0.3) is 5.91 Å². The third-order valence-corrected chi connectivity index (χ3v) is 3.96. The van der Waals surface area contributed by atoms with Crippen LogP contribution in [-0.4, -0.2) is 22.5 Å². The van der Waals surface area contributed by atoms with E-state index in [1.807, 2.05) is 78.9 Å². The van der Waals surface area contributed by atoms with Crippen molar-refractivity contribution in [1.82, 2.24) is 9.97 Å². The third kappa shape index (κ3) is 3.42. The second-order valence-electron chi connectivity index (χ2n) is 5.80. The van der Waals surface area contributed by atoms with Crippen molar-refractivity contribution < 1.29 is 9.53 Å². The van der Waals surface area contributed by atoms with E-state index in [1.54, 1.807) is 0 Å². The van der Waals surface area contributed by atoms with Crippen LogP contribution in [0.4, 0.5) is 5.69 Å². The van der Waals surface area contributed by atoms with Crippen LogP contribution >= 0.6 is 0 Å². The maximum Gasteiger partial charge on any atom is 0.262 e. The number of aromatic nitrogens is 2. The molecular formula is C21H17N3O2. The molecule has 0 saturated carbocycles. The first-order valence-corrected chi connectivity index (χ1v) is 8.31. The van der Waals surface area contributed by atoms with E-state index in [0.29, 0.717) is 17.3 Å². The summed E-state index contributed by atoms with van der Waals surface area (Å²) >= 11 is 0. The highest BCUT2D eigenvalue weighted by atomic mass is 16.5. The number of benzene rings is 3. The number of hydrogen-bond donors (Lipinski definition) is 2. The molecule has 26 heavy (non-hydrogen) atoms. The molecule has 2 N–H and O–H groups in total. The van der Waals surface area contributed by atoms with Gasteiger partial charge in [0.1, 0.15) is 11.6 Å². The van der Waals surface area contributed by atoms with Crippen molar-refractivity contribution >= 4 is 22.6 Å². The maximum absolute atomic E-state index is 12.3. The van der Waals surface area contributed by atoms with E-state index in [2.05, 4.69) is 15.3 Å². The monoisotopic (exact) mass is 343 g/mol. The molecular weight excluding hydrogens is 326 g/mol. The van der Waals surface area contributed by atoms with Gasteiger partial charge in [0, 0.05) is 5.56 Å². The molecule has 1 amide bonds. The Kier molecular flexibility index (Phi) is 4.35. The summed E-state index contributed by atoms with van der Waals surface area (Å²) in [7, 11) is 0. The zero-order valence-electron chi connectivity index (χ0n) is 14.0. The molecule has 0 saturated heterocycles. The van der Waals surface area contributed by atoms with Crippen molar-refractivity contribution in [2.45, 2.75) is 0 Å². The number of nitrogens with zero attached hydrogens (tertiary/aromatic N) is 1. The Morgan fingerprint density at radius 2 is 1.65 bits per heavy atom. The zero-order valence-corrected chi connectivity index (χ0v) is 14.0. The van der Waals surface area contributed by atoms with Gasteiger partial charge < -0.3 is 15.0 Å². The molecule has 5 nitrogen and oxygen atoms in total. The lowest BCUT2D eigenvalue weighted by molar-refractivity contribution is -0.118. The second-order valence-corrected chi connectivity index (χ2v) is 5.80. The van der Waals surface area contributed by atoms with Gasteiger partial charge >= 0.3 is 0 Å². The number of aromatic amines is 1. The average Bonchev–Trinajstić information content (AvgIpc) is 3.12. The molecule has 0 unspecified atom stereocenters. The number of ether oxygens (including phenoxy) is 1. The van der Waals surface area contributed by atoms with E-state index in [4.69, 9.17) is 4.74 Å². The quantitative estimate of drug-likeness (QED) is 0.569. The van der Waals surface area contributed by atoms with Crippen molar-refractivity contribution in [2.24, 2.45) is 0 Å². The summed E-state index contributed by atoms with van der Waals surface area (Å²) in [6, 6.07) is 24.6. The Morgan fingerprint density at radius 1 is 0.923 bits per heavy atom. The first kappa shape index (κ1) is 15.9. The molecule has 0 aliphatic heterocycles. The predicted octanol–water partition coefficient (Wildman–Crippen LogP) is 4.25. The van der Waals surface area contributed by atoms with Gasteiger partial charge in [-0.25, -0.2) is 4.98 Å². The fraction of sp³-hybridized carbons (Fsp3) is 0.0476. The normalized spacial score (nSPS) is 10.6. The van der Waals surface area contributed by atoms with E-state index < -0.39 is 0 Å². The highest BCUT2D eigenvalue weighted by Crippen LogP contribution is 2.27. The van der Waals surface area contributed by atoms with Crippen LogP contribution in [0.2, 0.25) is 0 Å². The molecule has 1 heterocycles. The molecule has 4 rings (SSSR count). The Bertz CT molecular complexity index is 1010. The molecule has 0 bridgehead atoms. The summed E-state index contributed by atoms with van der Waals surface area (Å²) in [5.74, 6) is 1.15. The number of amides is 1. The lowest BCUT2D eigenvalue weighted by atomic mass is 10.1. The predicted molar refractivity (Wildman–Crippen MR) is 102 cm³/mol. The summed E-state index contributed by atoms with van der Waals surface area (Å²) in [6.45, 7) is -0.0571. The van der Waals surface area contributed by atoms with Crippen LogP contribution in [0.5, 0.6) is 5.75 Å². The summed E-state index contributed by atoms with van der Waals surface area (Å²) in [4.78, 5) is 20.2. The summed E-state index contributed by atoms with van der Waals surface area (Å²) in [6.07, 6.45) is 0. The molecule has 0 radical (unpaired) electrons. The first-order chi connectivity index (χ1) is 12.8. The van der Waals surface area contributed by atoms with Crippen molar-refractivity contribution in [3.05, 3.63) is 78.9 Å². The van der Waals surface area contributed by atoms with Crippen LogP contribution in [-0.2, 0) is 4.79 Å². The smallest absolute Gasteiger partial charge is 0.262 e. The van der Waals surface area contributed by atoms with Gasteiger partial charge in [-0.05, 0) is 36.4 Å². The molecule has 0 atom stereocenters. The summed E-state index contributed by atoms with van der Waals surface area (Å²) in [5.41, 5.74) is 3.36. The molecule has 0 aliphatic carbocycles. The van der Waals surface area contributed by atoms with E-state index in [-0.39, 0.29) is 12.5 Å². The molecule has 1 aromatic heterocycles. The lowest BCUT2D eigenvalue weighted by Gasteiger charge is -2.10. The minimum Gasteiger partial charge on any atom is -0.484 e. The number of carbonyl (C=O) groups is 1. The van der Waals surface area contributed by atoms with Gasteiger partial charge in [0.2, 0.25) is 0 Å². The number of imidazole rings is 1. The Morgan fingerprint density at radius 3 is 2.50 bits per heavy atom. The molecule has 5 heteroatoms. The highest BCUT2D eigenvalue weighted by molar-refractivity contribution is 5.96. The van der Waals surface area contributed by atoms with Crippen molar-refractivity contribution in [3.63, 3.8) is 0 Å². The lowest BCUT2D eigenvalue weighted by Crippen LogP contribution is -2.20. The van der Waals surface area contributed by atoms with E-state index in [0.717, 1.165) is 16.6 Å². The SMILES string of the molecule is O=C(COc1ccccc1)Nc1ccccc1-c1nc2ccccc2[nH]1. The number of rotatable bonds is 5. The van der Waals surface area contributed by atoms with E-state index in [1.165, 1.54) is 0 Å². The summed E-state index contributed by atoms with van der Waals surface area (Å²) in [5, 5.41) is 2.90. The Labute approximate surface area is 150 Å². The highest BCUT2D eigenvalue weighted by Gasteiger charge is 2.12. The fourth-order valence-electron chi connectivity index (χ4n) is 2.73. The van der Waals surface area contributed by atoms with Crippen molar-refractivity contribution in [2.75, 3.05) is 11.9 Å². The molecule has 128 valence electrons. The zero-order chi connectivity index (χ0) is 17.8. The van der Waals surface area contributed by atoms with Gasteiger partial charge in [0.15, 0.2) is 6.61 Å². The molecule has 4 aromatic rings. The van der Waals surface area contributed by atoms with Crippen LogP contribution in [0, 0.1) is 0 Å². The average molecular weight is 343 g/mol. The number of para-hydroxylation sites is 4. The van der Waals surface area contributed by atoms with Crippen LogP contribution in [0.1, 0.15) is 0 Å². The topological polar surface area (TPSA) is 67.0 Å². The van der Waals surface area contributed by atoms with Crippen LogP contribution in [0.25, 0.3) is 22.4 Å². The number of nitrogens with one attached hydrogen (secondary N) is 2. The second kappa shape index (κ2) is 7.11. The number of anilines is 1. The Balaban J connectivity index is 1.53. The summed E-state index contributed by atoms with van der Waals surface area (Å²) < 4.78 is 5.50. The van der Waals surface area contributed by atoms with Crippen LogP contribution in [0.15, 0.2) is 78.9 Å². The van der Waals surface area contributed by atoms with Gasteiger partial charge in [-0.15, -0.1) is 0 Å². The third-order valence-electron chi connectivity index (χ3n) is 3.96.